The average molecular weight is 296 g/mol. The Hall–Kier alpha value is -2.95. The minimum atomic E-state index is -0.397. The van der Waals surface area contributed by atoms with Gasteiger partial charge in [0.2, 0.25) is 5.89 Å². The molecule has 0 fully saturated rings. The SMILES string of the molecule is COc1ccccc1/C=C/c1nnc(-c2ccccc2F)o1. The third kappa shape index (κ3) is 2.88. The predicted molar refractivity (Wildman–Crippen MR) is 81.6 cm³/mol. The molecule has 0 aliphatic carbocycles. The molecule has 0 saturated carbocycles. The van der Waals surface area contributed by atoms with Gasteiger partial charge in [0, 0.05) is 11.6 Å². The lowest BCUT2D eigenvalue weighted by atomic mass is 10.2. The molecule has 4 nitrogen and oxygen atoms in total. The first kappa shape index (κ1) is 14.0. The van der Waals surface area contributed by atoms with Gasteiger partial charge in [0.05, 0.1) is 12.7 Å². The minimum Gasteiger partial charge on any atom is -0.496 e. The Labute approximate surface area is 126 Å². The molecule has 0 spiro atoms. The first-order valence-electron chi connectivity index (χ1n) is 6.67. The highest BCUT2D eigenvalue weighted by atomic mass is 19.1. The number of halogens is 1. The van der Waals surface area contributed by atoms with E-state index in [1.165, 1.54) is 6.07 Å². The van der Waals surface area contributed by atoms with Crippen LogP contribution in [-0.2, 0) is 0 Å². The maximum atomic E-state index is 13.7. The Morgan fingerprint density at radius 3 is 2.59 bits per heavy atom. The second-order valence-electron chi connectivity index (χ2n) is 4.50. The lowest BCUT2D eigenvalue weighted by Gasteiger charge is -2.02. The first-order valence-corrected chi connectivity index (χ1v) is 6.67. The molecular formula is C17H13FN2O2. The fraction of sp³-hybridized carbons (Fsp3) is 0.0588. The Morgan fingerprint density at radius 2 is 1.77 bits per heavy atom. The molecule has 0 atom stereocenters. The minimum absolute atomic E-state index is 0.151. The molecule has 0 unspecified atom stereocenters. The standard InChI is InChI=1S/C17H13FN2O2/c1-21-15-9-5-2-6-12(15)10-11-16-19-20-17(22-16)13-7-3-4-8-14(13)18/h2-11H,1H3/b11-10+. The number of ether oxygens (including phenoxy) is 1. The molecule has 1 aromatic heterocycles. The van der Waals surface area contributed by atoms with Gasteiger partial charge in [-0.15, -0.1) is 10.2 Å². The topological polar surface area (TPSA) is 48.2 Å². The zero-order chi connectivity index (χ0) is 15.4. The van der Waals surface area contributed by atoms with Gasteiger partial charge in [-0.05, 0) is 24.3 Å². The van der Waals surface area contributed by atoms with Crippen LogP contribution in [0, 0.1) is 5.82 Å². The maximum Gasteiger partial charge on any atom is 0.251 e. The summed E-state index contributed by atoms with van der Waals surface area (Å²) in [5.41, 5.74) is 1.17. The van der Waals surface area contributed by atoms with Gasteiger partial charge in [-0.1, -0.05) is 30.3 Å². The van der Waals surface area contributed by atoms with Crippen LogP contribution in [0.2, 0.25) is 0 Å². The van der Waals surface area contributed by atoms with Gasteiger partial charge in [0.1, 0.15) is 11.6 Å². The van der Waals surface area contributed by atoms with Crippen molar-refractivity contribution in [2.24, 2.45) is 0 Å². The zero-order valence-corrected chi connectivity index (χ0v) is 11.9. The van der Waals surface area contributed by atoms with Gasteiger partial charge in [-0.2, -0.15) is 0 Å². The molecule has 0 bridgehead atoms. The summed E-state index contributed by atoms with van der Waals surface area (Å²) in [4.78, 5) is 0. The highest BCUT2D eigenvalue weighted by molar-refractivity contribution is 5.70. The number of hydrogen-bond acceptors (Lipinski definition) is 4. The molecule has 0 N–H and O–H groups in total. The van der Waals surface area contributed by atoms with Crippen LogP contribution in [0.3, 0.4) is 0 Å². The van der Waals surface area contributed by atoms with Crippen molar-refractivity contribution in [2.45, 2.75) is 0 Å². The molecule has 0 aliphatic heterocycles. The maximum absolute atomic E-state index is 13.7. The predicted octanol–water partition coefficient (Wildman–Crippen LogP) is 4.05. The molecule has 0 saturated heterocycles. The summed E-state index contributed by atoms with van der Waals surface area (Å²) in [6.45, 7) is 0. The number of aromatic nitrogens is 2. The fourth-order valence-corrected chi connectivity index (χ4v) is 2.01. The van der Waals surface area contributed by atoms with Crippen molar-refractivity contribution in [3.8, 4) is 17.2 Å². The molecule has 0 radical (unpaired) electrons. The molecular weight excluding hydrogens is 283 g/mol. The van der Waals surface area contributed by atoms with E-state index >= 15 is 0 Å². The van der Waals surface area contributed by atoms with E-state index in [2.05, 4.69) is 10.2 Å². The molecule has 3 aromatic rings. The quantitative estimate of drug-likeness (QED) is 0.728. The average Bonchev–Trinajstić information content (AvgIpc) is 3.02. The van der Waals surface area contributed by atoms with E-state index in [1.54, 1.807) is 37.5 Å². The van der Waals surface area contributed by atoms with Crippen molar-refractivity contribution in [3.63, 3.8) is 0 Å². The molecule has 3 rings (SSSR count). The molecule has 22 heavy (non-hydrogen) atoms. The van der Waals surface area contributed by atoms with Crippen molar-refractivity contribution >= 4 is 12.2 Å². The summed E-state index contributed by atoms with van der Waals surface area (Å²) in [6, 6.07) is 13.8. The number of hydrogen-bond donors (Lipinski definition) is 0. The number of rotatable bonds is 4. The van der Waals surface area contributed by atoms with Gasteiger partial charge in [0.25, 0.3) is 5.89 Å². The van der Waals surface area contributed by atoms with Crippen molar-refractivity contribution in [1.82, 2.24) is 10.2 Å². The van der Waals surface area contributed by atoms with E-state index < -0.39 is 5.82 Å². The highest BCUT2D eigenvalue weighted by Crippen LogP contribution is 2.23. The smallest absolute Gasteiger partial charge is 0.251 e. The monoisotopic (exact) mass is 296 g/mol. The Kier molecular flexibility index (Phi) is 3.96. The largest absolute Gasteiger partial charge is 0.496 e. The number of para-hydroxylation sites is 1. The molecule has 5 heteroatoms. The van der Waals surface area contributed by atoms with Crippen LogP contribution in [0.15, 0.2) is 52.9 Å². The Bertz CT molecular complexity index is 812. The Morgan fingerprint density at radius 1 is 1.00 bits per heavy atom. The van der Waals surface area contributed by atoms with E-state index in [9.17, 15) is 4.39 Å². The van der Waals surface area contributed by atoms with Crippen LogP contribution >= 0.6 is 0 Å². The number of benzene rings is 2. The van der Waals surface area contributed by atoms with Gasteiger partial charge in [-0.3, -0.25) is 0 Å². The van der Waals surface area contributed by atoms with Gasteiger partial charge >= 0.3 is 0 Å². The normalized spacial score (nSPS) is 11.0. The highest BCUT2D eigenvalue weighted by Gasteiger charge is 2.11. The van der Waals surface area contributed by atoms with E-state index in [0.717, 1.165) is 11.3 Å². The van der Waals surface area contributed by atoms with Crippen LogP contribution in [-0.4, -0.2) is 17.3 Å². The fourth-order valence-electron chi connectivity index (χ4n) is 2.01. The van der Waals surface area contributed by atoms with Crippen molar-refractivity contribution in [3.05, 3.63) is 65.8 Å². The summed E-state index contributed by atoms with van der Waals surface area (Å²) < 4.78 is 24.4. The van der Waals surface area contributed by atoms with Crippen LogP contribution < -0.4 is 4.74 Å². The van der Waals surface area contributed by atoms with Gasteiger partial charge in [-0.25, -0.2) is 4.39 Å². The van der Waals surface area contributed by atoms with Crippen LogP contribution in [0.4, 0.5) is 4.39 Å². The van der Waals surface area contributed by atoms with Crippen LogP contribution in [0.5, 0.6) is 5.75 Å². The third-order valence-corrected chi connectivity index (χ3v) is 3.09. The van der Waals surface area contributed by atoms with E-state index in [-0.39, 0.29) is 11.5 Å². The Balaban J connectivity index is 1.86. The lowest BCUT2D eigenvalue weighted by molar-refractivity contribution is 0.414. The van der Waals surface area contributed by atoms with Crippen molar-refractivity contribution < 1.29 is 13.5 Å². The molecule has 110 valence electrons. The van der Waals surface area contributed by atoms with Crippen LogP contribution in [0.1, 0.15) is 11.5 Å². The van der Waals surface area contributed by atoms with Gasteiger partial charge < -0.3 is 9.15 Å². The summed E-state index contributed by atoms with van der Waals surface area (Å²) in [5, 5.41) is 7.76. The second-order valence-corrected chi connectivity index (χ2v) is 4.50. The summed E-state index contributed by atoms with van der Waals surface area (Å²) in [5.74, 6) is 0.793. The summed E-state index contributed by atoms with van der Waals surface area (Å²) in [6.07, 6.45) is 3.46. The summed E-state index contributed by atoms with van der Waals surface area (Å²) >= 11 is 0. The lowest BCUT2D eigenvalue weighted by Crippen LogP contribution is -1.85. The van der Waals surface area contributed by atoms with E-state index in [1.807, 2.05) is 24.3 Å². The van der Waals surface area contributed by atoms with Crippen molar-refractivity contribution in [2.75, 3.05) is 7.11 Å². The second kappa shape index (κ2) is 6.22. The number of methoxy groups -OCH3 is 1. The molecule has 0 amide bonds. The van der Waals surface area contributed by atoms with Crippen LogP contribution in [0.25, 0.3) is 23.6 Å². The first-order chi connectivity index (χ1) is 10.8. The van der Waals surface area contributed by atoms with E-state index in [0.29, 0.717) is 5.89 Å². The van der Waals surface area contributed by atoms with Crippen molar-refractivity contribution in [1.29, 1.82) is 0 Å². The van der Waals surface area contributed by atoms with Gasteiger partial charge in [0.15, 0.2) is 0 Å². The third-order valence-electron chi connectivity index (χ3n) is 3.09. The zero-order valence-electron chi connectivity index (χ0n) is 11.9. The molecule has 2 aromatic carbocycles. The van der Waals surface area contributed by atoms with E-state index in [4.69, 9.17) is 9.15 Å². The molecule has 0 aliphatic rings. The molecule has 1 heterocycles. The number of nitrogens with zero attached hydrogens (tertiary/aromatic N) is 2. The summed E-state index contributed by atoms with van der Waals surface area (Å²) in [7, 11) is 1.61.